The Morgan fingerprint density at radius 2 is 1.97 bits per heavy atom. The largest absolute Gasteiger partial charge is 0.496 e. The number of benzene rings is 1. The minimum atomic E-state index is 0.0147. The molecule has 1 N–H and O–H groups in total. The Morgan fingerprint density at radius 1 is 1.16 bits per heavy atom. The van der Waals surface area contributed by atoms with Gasteiger partial charge in [-0.1, -0.05) is 11.2 Å². The molecule has 3 heterocycles. The van der Waals surface area contributed by atoms with Gasteiger partial charge in [0, 0.05) is 37.9 Å². The number of carbonyl (C=O) groups is 1. The summed E-state index contributed by atoms with van der Waals surface area (Å²) < 4.78 is 5.50. The quantitative estimate of drug-likeness (QED) is 0.446. The molecule has 0 radical (unpaired) electrons. The summed E-state index contributed by atoms with van der Waals surface area (Å²) in [5.74, 6) is 0.954. The Bertz CT molecular complexity index is 1020. The highest BCUT2D eigenvalue weighted by molar-refractivity contribution is 5.98. The Hall–Kier alpha value is -2.93. The summed E-state index contributed by atoms with van der Waals surface area (Å²) in [5, 5.41) is 12.1. The number of aromatic nitrogens is 1. The summed E-state index contributed by atoms with van der Waals surface area (Å²) in [4.78, 5) is 22.0. The van der Waals surface area contributed by atoms with Crippen LogP contribution in [0.2, 0.25) is 0 Å². The number of piperidine rings is 1. The van der Waals surface area contributed by atoms with Crippen LogP contribution in [0.25, 0.3) is 0 Å². The lowest BCUT2D eigenvalue weighted by atomic mass is 9.86. The van der Waals surface area contributed by atoms with E-state index in [0.29, 0.717) is 35.6 Å². The summed E-state index contributed by atoms with van der Waals surface area (Å²) in [5.41, 5.74) is 5.46. The molecule has 2 atom stereocenters. The first-order chi connectivity index (χ1) is 15.4. The van der Waals surface area contributed by atoms with Gasteiger partial charge < -0.3 is 14.8 Å². The van der Waals surface area contributed by atoms with Crippen LogP contribution < -0.4 is 4.74 Å². The second-order valence-corrected chi connectivity index (χ2v) is 8.81. The lowest BCUT2D eigenvalue weighted by Gasteiger charge is -2.48. The van der Waals surface area contributed by atoms with E-state index in [1.165, 1.54) is 16.7 Å². The van der Waals surface area contributed by atoms with E-state index >= 15 is 0 Å². The van der Waals surface area contributed by atoms with Crippen LogP contribution in [0.15, 0.2) is 35.6 Å². The van der Waals surface area contributed by atoms with Crippen molar-refractivity contribution in [2.45, 2.75) is 52.1 Å². The molecule has 0 saturated carbocycles. The molecule has 1 amide bonds. The zero-order chi connectivity index (χ0) is 22.8. The van der Waals surface area contributed by atoms with Crippen LogP contribution in [0.1, 0.15) is 65.0 Å². The third-order valence-electron chi connectivity index (χ3n) is 7.12. The average molecular weight is 437 g/mol. The van der Waals surface area contributed by atoms with E-state index in [1.54, 1.807) is 32.4 Å². The van der Waals surface area contributed by atoms with Crippen molar-refractivity contribution < 1.29 is 14.7 Å². The van der Waals surface area contributed by atoms with Gasteiger partial charge in [-0.3, -0.25) is 14.7 Å². The van der Waals surface area contributed by atoms with Gasteiger partial charge in [-0.2, -0.15) is 0 Å². The maximum absolute atomic E-state index is 13.1. The lowest BCUT2D eigenvalue weighted by molar-refractivity contribution is 0.0101. The van der Waals surface area contributed by atoms with Crippen LogP contribution in [-0.2, 0) is 0 Å². The number of hydrogen-bond acceptors (Lipinski definition) is 6. The molecular formula is C25H32N4O3. The zero-order valence-electron chi connectivity index (χ0n) is 19.3. The van der Waals surface area contributed by atoms with E-state index < -0.39 is 0 Å². The van der Waals surface area contributed by atoms with E-state index in [0.717, 1.165) is 38.1 Å². The van der Waals surface area contributed by atoms with Crippen LogP contribution >= 0.6 is 0 Å². The van der Waals surface area contributed by atoms with Crippen molar-refractivity contribution in [1.29, 1.82) is 0 Å². The molecule has 1 aromatic carbocycles. The minimum absolute atomic E-state index is 0.0147. The molecule has 1 aromatic heterocycles. The van der Waals surface area contributed by atoms with Gasteiger partial charge in [0.25, 0.3) is 5.91 Å². The topological polar surface area (TPSA) is 78.3 Å². The molecule has 2 fully saturated rings. The highest BCUT2D eigenvalue weighted by Gasteiger charge is 2.37. The number of nitrogens with zero attached hydrogens (tertiary/aromatic N) is 4. The minimum Gasteiger partial charge on any atom is -0.496 e. The monoisotopic (exact) mass is 436 g/mol. The normalized spacial score (nSPS) is 21.9. The molecule has 2 aliphatic heterocycles. The van der Waals surface area contributed by atoms with Crippen molar-refractivity contribution in [3.8, 4) is 5.75 Å². The number of pyridine rings is 1. The van der Waals surface area contributed by atoms with Crippen molar-refractivity contribution in [1.82, 2.24) is 14.8 Å². The molecule has 0 bridgehead atoms. The van der Waals surface area contributed by atoms with Crippen LogP contribution in [0.5, 0.6) is 5.75 Å². The number of rotatable bonds is 4. The van der Waals surface area contributed by atoms with E-state index in [4.69, 9.17) is 9.94 Å². The summed E-state index contributed by atoms with van der Waals surface area (Å²) in [6.45, 7) is 8.31. The molecule has 32 heavy (non-hydrogen) atoms. The smallest absolute Gasteiger partial charge is 0.255 e. The first kappa shape index (κ1) is 22.3. The number of piperazine rings is 1. The van der Waals surface area contributed by atoms with E-state index in [1.807, 2.05) is 4.90 Å². The van der Waals surface area contributed by atoms with E-state index in [-0.39, 0.29) is 5.91 Å². The molecule has 2 saturated heterocycles. The van der Waals surface area contributed by atoms with Gasteiger partial charge in [0.2, 0.25) is 0 Å². The molecule has 0 spiro atoms. The van der Waals surface area contributed by atoms with Crippen LogP contribution in [0, 0.1) is 13.8 Å². The van der Waals surface area contributed by atoms with Gasteiger partial charge in [0.05, 0.1) is 18.4 Å². The van der Waals surface area contributed by atoms with Crippen molar-refractivity contribution >= 4 is 11.6 Å². The standard InChI is InChI=1S/C25H32N4O3/c1-16-17(2)24(32-4)11-9-21(16)23-7-5-6-20-15-28(12-13-29(20)23)25(30)19-8-10-22(26-14-19)18(3)27-31/h8-11,14,20,23,31H,5-7,12-13,15H2,1-4H3/b27-18+/t20?,23-/m1/s1. The third-order valence-corrected chi connectivity index (χ3v) is 7.12. The summed E-state index contributed by atoms with van der Waals surface area (Å²) in [7, 11) is 1.72. The number of methoxy groups -OCH3 is 1. The first-order valence-electron chi connectivity index (χ1n) is 11.3. The number of fused-ring (bicyclic) bond motifs is 1. The van der Waals surface area contributed by atoms with Crippen molar-refractivity contribution in [2.24, 2.45) is 5.16 Å². The van der Waals surface area contributed by atoms with Gasteiger partial charge in [0.15, 0.2) is 0 Å². The Labute approximate surface area is 189 Å². The van der Waals surface area contributed by atoms with Crippen LogP contribution in [0.4, 0.5) is 0 Å². The van der Waals surface area contributed by atoms with Gasteiger partial charge in [-0.25, -0.2) is 0 Å². The predicted molar refractivity (Wildman–Crippen MR) is 124 cm³/mol. The van der Waals surface area contributed by atoms with E-state index in [2.05, 4.69) is 41.0 Å². The SMILES string of the molecule is COc1ccc([C@H]2CCCC3CN(C(=O)c4ccc(/C(C)=N/O)nc4)CCN32)c(C)c1C. The Morgan fingerprint density at radius 3 is 2.66 bits per heavy atom. The first-order valence-corrected chi connectivity index (χ1v) is 11.3. The Kier molecular flexibility index (Phi) is 6.46. The zero-order valence-corrected chi connectivity index (χ0v) is 19.3. The van der Waals surface area contributed by atoms with Gasteiger partial charge >= 0.3 is 0 Å². The molecule has 7 heteroatoms. The summed E-state index contributed by atoms with van der Waals surface area (Å²) in [6.07, 6.45) is 4.99. The molecule has 2 aromatic rings. The van der Waals surface area contributed by atoms with E-state index in [9.17, 15) is 4.79 Å². The highest BCUT2D eigenvalue weighted by atomic mass is 16.5. The fraction of sp³-hybridized carbons (Fsp3) is 0.480. The lowest BCUT2D eigenvalue weighted by Crippen LogP contribution is -2.57. The molecule has 2 aliphatic rings. The van der Waals surface area contributed by atoms with Crippen molar-refractivity contribution in [2.75, 3.05) is 26.7 Å². The van der Waals surface area contributed by atoms with Gasteiger partial charge in [-0.15, -0.1) is 0 Å². The average Bonchev–Trinajstić information content (AvgIpc) is 2.84. The van der Waals surface area contributed by atoms with Crippen molar-refractivity contribution in [3.05, 3.63) is 58.4 Å². The molecular weight excluding hydrogens is 404 g/mol. The number of carbonyl (C=O) groups excluding carboxylic acids is 1. The van der Waals surface area contributed by atoms with Gasteiger partial charge in [-0.05, 0) is 74.9 Å². The van der Waals surface area contributed by atoms with Crippen LogP contribution in [-0.4, -0.2) is 64.4 Å². The van der Waals surface area contributed by atoms with Crippen LogP contribution in [0.3, 0.4) is 0 Å². The van der Waals surface area contributed by atoms with Gasteiger partial charge in [0.1, 0.15) is 11.5 Å². The number of ether oxygens (including phenoxy) is 1. The maximum atomic E-state index is 13.1. The Balaban J connectivity index is 1.49. The molecule has 7 nitrogen and oxygen atoms in total. The fourth-order valence-electron chi connectivity index (χ4n) is 5.14. The predicted octanol–water partition coefficient (Wildman–Crippen LogP) is 3.96. The van der Waals surface area contributed by atoms with Crippen molar-refractivity contribution in [3.63, 3.8) is 0 Å². The number of oxime groups is 1. The molecule has 0 aliphatic carbocycles. The molecule has 170 valence electrons. The maximum Gasteiger partial charge on any atom is 0.255 e. The molecule has 4 rings (SSSR count). The highest BCUT2D eigenvalue weighted by Crippen LogP contribution is 2.39. The molecule has 1 unspecified atom stereocenters. The number of hydrogen-bond donors (Lipinski definition) is 1. The summed E-state index contributed by atoms with van der Waals surface area (Å²) >= 11 is 0. The fourth-order valence-corrected chi connectivity index (χ4v) is 5.14. The second kappa shape index (κ2) is 9.28. The number of amides is 1. The second-order valence-electron chi connectivity index (χ2n) is 8.81. The third kappa shape index (κ3) is 4.09. The summed E-state index contributed by atoms with van der Waals surface area (Å²) in [6, 6.07) is 8.54.